The Morgan fingerprint density at radius 1 is 1.42 bits per heavy atom. The van der Waals surface area contributed by atoms with Crippen LogP contribution < -0.4 is 5.73 Å². The van der Waals surface area contributed by atoms with Crippen molar-refractivity contribution in [3.05, 3.63) is 35.3 Å². The van der Waals surface area contributed by atoms with Crippen LogP contribution in [0.5, 0.6) is 0 Å². The van der Waals surface area contributed by atoms with Crippen molar-refractivity contribution in [1.29, 1.82) is 0 Å². The molecule has 7 heteroatoms. The van der Waals surface area contributed by atoms with Gasteiger partial charge in [0.2, 0.25) is 0 Å². The molecule has 6 nitrogen and oxygen atoms in total. The molecule has 1 amide bonds. The van der Waals surface area contributed by atoms with Crippen LogP contribution in [0.2, 0.25) is 0 Å². The lowest BCUT2D eigenvalue weighted by molar-refractivity contribution is 0.100. The fourth-order valence-corrected chi connectivity index (χ4v) is 1.91. The van der Waals surface area contributed by atoms with Gasteiger partial charge in [-0.1, -0.05) is 0 Å². The van der Waals surface area contributed by atoms with Gasteiger partial charge in [-0.2, -0.15) is 5.10 Å². The van der Waals surface area contributed by atoms with Gasteiger partial charge in [0.25, 0.3) is 5.91 Å². The van der Waals surface area contributed by atoms with E-state index in [1.165, 1.54) is 12.3 Å². The van der Waals surface area contributed by atoms with Gasteiger partial charge >= 0.3 is 0 Å². The first-order chi connectivity index (χ1) is 9.06. The van der Waals surface area contributed by atoms with E-state index in [4.69, 9.17) is 5.73 Å². The Labute approximate surface area is 106 Å². The molecule has 3 aromatic rings. The third kappa shape index (κ3) is 1.75. The average molecular weight is 259 g/mol. The summed E-state index contributed by atoms with van der Waals surface area (Å²) in [4.78, 5) is 18.4. The highest BCUT2D eigenvalue weighted by Crippen LogP contribution is 2.23. The van der Waals surface area contributed by atoms with Gasteiger partial charge in [-0.15, -0.1) is 0 Å². The van der Waals surface area contributed by atoms with Crippen molar-refractivity contribution in [2.45, 2.75) is 6.92 Å². The van der Waals surface area contributed by atoms with E-state index in [1.54, 1.807) is 13.0 Å². The third-order valence-electron chi connectivity index (χ3n) is 2.89. The second-order valence-electron chi connectivity index (χ2n) is 4.22. The number of hydrogen-bond acceptors (Lipinski definition) is 3. The van der Waals surface area contributed by atoms with Crippen LogP contribution in [0.25, 0.3) is 22.6 Å². The molecule has 96 valence electrons. The van der Waals surface area contributed by atoms with Crippen LogP contribution in [0, 0.1) is 12.7 Å². The number of imidazole rings is 1. The highest BCUT2D eigenvalue weighted by Gasteiger charge is 2.16. The lowest BCUT2D eigenvalue weighted by atomic mass is 10.2. The maximum atomic E-state index is 13.5. The van der Waals surface area contributed by atoms with E-state index >= 15 is 0 Å². The van der Waals surface area contributed by atoms with Crippen LogP contribution in [-0.4, -0.2) is 26.1 Å². The van der Waals surface area contributed by atoms with E-state index in [-0.39, 0.29) is 11.4 Å². The first kappa shape index (κ1) is 11.4. The maximum absolute atomic E-state index is 13.5. The van der Waals surface area contributed by atoms with Crippen molar-refractivity contribution in [1.82, 2.24) is 20.2 Å². The van der Waals surface area contributed by atoms with E-state index in [1.807, 2.05) is 0 Å². The van der Waals surface area contributed by atoms with Crippen molar-refractivity contribution in [3.63, 3.8) is 0 Å². The molecular formula is C12H10FN5O. The topological polar surface area (TPSA) is 100 Å². The van der Waals surface area contributed by atoms with Crippen molar-refractivity contribution in [3.8, 4) is 11.5 Å². The van der Waals surface area contributed by atoms with Gasteiger partial charge in [-0.25, -0.2) is 9.37 Å². The Balaban J connectivity index is 2.21. The largest absolute Gasteiger partial charge is 0.365 e. The van der Waals surface area contributed by atoms with Crippen molar-refractivity contribution in [2.24, 2.45) is 5.73 Å². The molecule has 0 spiro atoms. The van der Waals surface area contributed by atoms with Gasteiger partial charge in [0.05, 0.1) is 16.6 Å². The van der Waals surface area contributed by atoms with Crippen LogP contribution in [0.4, 0.5) is 4.39 Å². The van der Waals surface area contributed by atoms with Gasteiger partial charge in [0, 0.05) is 12.3 Å². The molecule has 0 aliphatic rings. The van der Waals surface area contributed by atoms with E-state index in [9.17, 15) is 9.18 Å². The summed E-state index contributed by atoms with van der Waals surface area (Å²) < 4.78 is 13.5. The zero-order valence-electron chi connectivity index (χ0n) is 9.99. The second-order valence-corrected chi connectivity index (χ2v) is 4.22. The van der Waals surface area contributed by atoms with E-state index in [0.29, 0.717) is 28.1 Å². The molecule has 0 unspecified atom stereocenters. The number of amides is 1. The van der Waals surface area contributed by atoms with Gasteiger partial charge in [0.1, 0.15) is 11.5 Å². The number of carbonyl (C=O) groups excluding carboxylic acids is 1. The number of primary amides is 1. The van der Waals surface area contributed by atoms with Crippen molar-refractivity contribution >= 4 is 16.9 Å². The van der Waals surface area contributed by atoms with Gasteiger partial charge < -0.3 is 10.7 Å². The smallest absolute Gasteiger partial charge is 0.252 e. The summed E-state index contributed by atoms with van der Waals surface area (Å²) >= 11 is 0. The second kappa shape index (κ2) is 3.91. The van der Waals surface area contributed by atoms with Crippen LogP contribution in [0.1, 0.15) is 15.9 Å². The highest BCUT2D eigenvalue weighted by atomic mass is 19.1. The first-order valence-corrected chi connectivity index (χ1v) is 5.56. The van der Waals surface area contributed by atoms with E-state index < -0.39 is 5.91 Å². The van der Waals surface area contributed by atoms with E-state index in [0.717, 1.165) is 0 Å². The molecule has 1 aromatic carbocycles. The Morgan fingerprint density at radius 3 is 2.95 bits per heavy atom. The molecule has 0 saturated heterocycles. The number of aromatic nitrogens is 4. The summed E-state index contributed by atoms with van der Waals surface area (Å²) in [7, 11) is 0. The minimum atomic E-state index is -0.605. The molecule has 4 N–H and O–H groups in total. The Bertz CT molecular complexity index is 750. The zero-order valence-corrected chi connectivity index (χ0v) is 9.99. The lowest BCUT2D eigenvalue weighted by Gasteiger charge is -1.94. The summed E-state index contributed by atoms with van der Waals surface area (Å²) in [6.07, 6.45) is 1.40. The van der Waals surface area contributed by atoms with Crippen LogP contribution >= 0.6 is 0 Å². The molecule has 2 aromatic heterocycles. The minimum absolute atomic E-state index is 0.233. The zero-order chi connectivity index (χ0) is 13.6. The fraction of sp³-hybridized carbons (Fsp3) is 0.0833. The Hall–Kier alpha value is -2.70. The molecule has 0 aliphatic carbocycles. The maximum Gasteiger partial charge on any atom is 0.252 e. The number of nitrogens with zero attached hydrogens (tertiary/aromatic N) is 2. The standard InChI is InChI=1S/C12H10FN5O/c1-5-2-8-9(3-7(5)13)17-12(16-8)10-6(11(14)19)4-15-18-10/h2-4H,1H3,(H2,14,19)(H,15,18)(H,16,17). The number of carbonyl (C=O) groups is 1. The van der Waals surface area contributed by atoms with E-state index in [2.05, 4.69) is 20.2 Å². The molecule has 0 aliphatic heterocycles. The third-order valence-corrected chi connectivity index (χ3v) is 2.89. The summed E-state index contributed by atoms with van der Waals surface area (Å²) in [6, 6.07) is 2.99. The minimum Gasteiger partial charge on any atom is -0.365 e. The molecule has 0 saturated carbocycles. The summed E-state index contributed by atoms with van der Waals surface area (Å²) in [5, 5.41) is 6.49. The summed E-state index contributed by atoms with van der Waals surface area (Å²) in [5.41, 5.74) is 7.45. The van der Waals surface area contributed by atoms with Crippen LogP contribution in [0.15, 0.2) is 18.3 Å². The monoisotopic (exact) mass is 259 g/mol. The normalized spacial score (nSPS) is 11.1. The number of aromatic amines is 2. The lowest BCUT2D eigenvalue weighted by Crippen LogP contribution is -2.11. The predicted octanol–water partition coefficient (Wildman–Crippen LogP) is 1.50. The molecule has 2 heterocycles. The number of nitrogens with one attached hydrogen (secondary N) is 2. The van der Waals surface area contributed by atoms with Crippen molar-refractivity contribution < 1.29 is 9.18 Å². The molecule has 0 fully saturated rings. The number of halogens is 1. The molecule has 0 bridgehead atoms. The van der Waals surface area contributed by atoms with Gasteiger partial charge in [-0.05, 0) is 18.6 Å². The quantitative estimate of drug-likeness (QED) is 0.650. The number of nitrogens with two attached hydrogens (primary N) is 1. The summed E-state index contributed by atoms with van der Waals surface area (Å²) in [6.45, 7) is 1.67. The van der Waals surface area contributed by atoms with Crippen LogP contribution in [0.3, 0.4) is 0 Å². The molecule has 0 atom stereocenters. The molecule has 3 rings (SSSR count). The number of aryl methyl sites for hydroxylation is 1. The number of H-pyrrole nitrogens is 2. The fourth-order valence-electron chi connectivity index (χ4n) is 1.91. The highest BCUT2D eigenvalue weighted by molar-refractivity contribution is 5.98. The molecular weight excluding hydrogens is 249 g/mol. The Morgan fingerprint density at radius 2 is 2.21 bits per heavy atom. The number of benzene rings is 1. The molecule has 0 radical (unpaired) electrons. The van der Waals surface area contributed by atoms with Crippen LogP contribution in [-0.2, 0) is 0 Å². The predicted molar refractivity (Wildman–Crippen MR) is 66.9 cm³/mol. The average Bonchev–Trinajstić information content (AvgIpc) is 2.95. The molecule has 19 heavy (non-hydrogen) atoms. The van der Waals surface area contributed by atoms with Gasteiger partial charge in [-0.3, -0.25) is 9.89 Å². The van der Waals surface area contributed by atoms with Gasteiger partial charge in [0.15, 0.2) is 5.82 Å². The first-order valence-electron chi connectivity index (χ1n) is 5.56. The number of rotatable bonds is 2. The summed E-state index contributed by atoms with van der Waals surface area (Å²) in [5.74, 6) is -0.565. The number of hydrogen-bond donors (Lipinski definition) is 3. The Kier molecular flexibility index (Phi) is 2.34. The SMILES string of the molecule is Cc1cc2[nH]c(-c3n[nH]cc3C(N)=O)nc2cc1F. The van der Waals surface area contributed by atoms with Crippen molar-refractivity contribution in [2.75, 3.05) is 0 Å². The number of fused-ring (bicyclic) bond motifs is 1.